The number of nitrogens with zero attached hydrogens (tertiary/aromatic N) is 2. The highest BCUT2D eigenvalue weighted by Crippen LogP contribution is 2.17. The number of ether oxygens (including phenoxy) is 1. The van der Waals surface area contributed by atoms with Crippen molar-refractivity contribution in [3.8, 4) is 0 Å². The van der Waals surface area contributed by atoms with Gasteiger partial charge in [0.05, 0.1) is 4.90 Å². The Hall–Kier alpha value is -2.38. The minimum Gasteiger partial charge on any atom is -0.445 e. The fraction of sp³-hybridized carbons (Fsp3) is 0.316. The Morgan fingerprint density at radius 3 is 2.23 bits per heavy atom. The summed E-state index contributed by atoms with van der Waals surface area (Å²) < 4.78 is 32.2. The Balaban J connectivity index is 1.58. The average molecular weight is 374 g/mol. The molecule has 1 aliphatic rings. The number of rotatable bonds is 4. The van der Waals surface area contributed by atoms with Crippen LogP contribution in [0.25, 0.3) is 0 Å². The van der Waals surface area contributed by atoms with E-state index in [1.165, 1.54) is 4.31 Å². The summed E-state index contributed by atoms with van der Waals surface area (Å²) in [5, 5.41) is 0. The van der Waals surface area contributed by atoms with Crippen molar-refractivity contribution < 1.29 is 17.9 Å². The van der Waals surface area contributed by atoms with Crippen molar-refractivity contribution in [1.82, 2.24) is 9.21 Å². The van der Waals surface area contributed by atoms with E-state index in [1.807, 2.05) is 30.3 Å². The molecule has 0 N–H and O–H groups in total. The van der Waals surface area contributed by atoms with Crippen LogP contribution in [0.1, 0.15) is 12.0 Å². The summed E-state index contributed by atoms with van der Waals surface area (Å²) in [4.78, 5) is 14.1. The van der Waals surface area contributed by atoms with Gasteiger partial charge in [-0.05, 0) is 24.1 Å². The van der Waals surface area contributed by atoms with Crippen molar-refractivity contribution >= 4 is 16.1 Å². The van der Waals surface area contributed by atoms with Gasteiger partial charge in [-0.2, -0.15) is 4.31 Å². The van der Waals surface area contributed by atoms with E-state index in [9.17, 15) is 13.2 Å². The normalized spacial score (nSPS) is 16.1. The summed E-state index contributed by atoms with van der Waals surface area (Å²) in [7, 11) is -3.54. The summed E-state index contributed by atoms with van der Waals surface area (Å²) in [6.45, 7) is 1.66. The molecule has 0 unspecified atom stereocenters. The molecule has 0 atom stereocenters. The maximum absolute atomic E-state index is 12.7. The van der Waals surface area contributed by atoms with E-state index in [1.54, 1.807) is 35.2 Å². The van der Waals surface area contributed by atoms with Crippen LogP contribution in [0.3, 0.4) is 0 Å². The highest BCUT2D eigenvalue weighted by Gasteiger charge is 2.28. The molecule has 0 saturated carbocycles. The molecule has 1 saturated heterocycles. The second-order valence-electron chi connectivity index (χ2n) is 6.10. The molecule has 2 aromatic carbocycles. The second-order valence-corrected chi connectivity index (χ2v) is 8.04. The fourth-order valence-corrected chi connectivity index (χ4v) is 4.36. The molecule has 0 aliphatic carbocycles. The molecule has 6 nitrogen and oxygen atoms in total. The van der Waals surface area contributed by atoms with Gasteiger partial charge in [0, 0.05) is 26.2 Å². The molecule has 7 heteroatoms. The van der Waals surface area contributed by atoms with Crippen LogP contribution in [0.4, 0.5) is 4.79 Å². The lowest BCUT2D eigenvalue weighted by atomic mass is 10.2. The summed E-state index contributed by atoms with van der Waals surface area (Å²) in [6.07, 6.45) is 0.166. The van der Waals surface area contributed by atoms with Crippen LogP contribution in [0.15, 0.2) is 65.6 Å². The zero-order valence-electron chi connectivity index (χ0n) is 14.5. The van der Waals surface area contributed by atoms with Gasteiger partial charge in [-0.25, -0.2) is 13.2 Å². The molecule has 0 aromatic heterocycles. The molecule has 1 amide bonds. The molecule has 26 heavy (non-hydrogen) atoms. The second kappa shape index (κ2) is 8.33. The number of carbonyl (C=O) groups is 1. The zero-order valence-corrected chi connectivity index (χ0v) is 15.3. The van der Waals surface area contributed by atoms with Gasteiger partial charge in [-0.3, -0.25) is 0 Å². The minimum atomic E-state index is -3.54. The number of hydrogen-bond donors (Lipinski definition) is 0. The van der Waals surface area contributed by atoms with Gasteiger partial charge >= 0.3 is 6.09 Å². The predicted octanol–water partition coefficient (Wildman–Crippen LogP) is 2.72. The van der Waals surface area contributed by atoms with Gasteiger partial charge in [-0.1, -0.05) is 48.5 Å². The van der Waals surface area contributed by atoms with Gasteiger partial charge in [0.15, 0.2) is 0 Å². The number of benzene rings is 2. The number of carbonyl (C=O) groups excluding carboxylic acids is 1. The van der Waals surface area contributed by atoms with Crippen LogP contribution in [-0.4, -0.2) is 49.9 Å². The third kappa shape index (κ3) is 4.42. The standard InChI is InChI=1S/C19H22N2O4S/c22-19(25-16-17-8-3-1-4-9-17)20-12-7-13-21(15-14-20)26(23,24)18-10-5-2-6-11-18/h1-6,8-11H,7,12-16H2. The van der Waals surface area contributed by atoms with Crippen molar-refractivity contribution in [3.63, 3.8) is 0 Å². The van der Waals surface area contributed by atoms with E-state index >= 15 is 0 Å². The number of amides is 1. The van der Waals surface area contributed by atoms with Crippen molar-refractivity contribution in [2.75, 3.05) is 26.2 Å². The first kappa shape index (κ1) is 18.4. The Morgan fingerprint density at radius 2 is 1.54 bits per heavy atom. The molecule has 1 aliphatic heterocycles. The van der Waals surface area contributed by atoms with E-state index < -0.39 is 16.1 Å². The molecule has 0 bridgehead atoms. The van der Waals surface area contributed by atoms with Crippen LogP contribution in [0.2, 0.25) is 0 Å². The molecule has 0 spiro atoms. The highest BCUT2D eigenvalue weighted by atomic mass is 32.2. The summed E-state index contributed by atoms with van der Waals surface area (Å²) >= 11 is 0. The number of hydrogen-bond acceptors (Lipinski definition) is 4. The third-order valence-corrected chi connectivity index (χ3v) is 6.21. The summed E-state index contributed by atoms with van der Waals surface area (Å²) in [5.41, 5.74) is 0.920. The molecule has 1 heterocycles. The molecule has 0 radical (unpaired) electrons. The molecule has 1 fully saturated rings. The van der Waals surface area contributed by atoms with Gasteiger partial charge in [0.1, 0.15) is 6.61 Å². The first-order chi connectivity index (χ1) is 12.6. The van der Waals surface area contributed by atoms with Crippen LogP contribution in [0.5, 0.6) is 0 Å². The maximum Gasteiger partial charge on any atom is 0.410 e. The SMILES string of the molecule is O=C(OCc1ccccc1)N1CCCN(S(=O)(=O)c2ccccc2)CC1. The first-order valence-corrected chi connectivity index (χ1v) is 10.0. The van der Waals surface area contributed by atoms with E-state index in [0.29, 0.717) is 26.1 Å². The Labute approximate surface area is 154 Å². The minimum absolute atomic E-state index is 0.211. The van der Waals surface area contributed by atoms with E-state index in [-0.39, 0.29) is 18.0 Å². The molecular weight excluding hydrogens is 352 g/mol. The molecule has 138 valence electrons. The monoisotopic (exact) mass is 374 g/mol. The number of sulfonamides is 1. The Kier molecular flexibility index (Phi) is 5.90. The third-order valence-electron chi connectivity index (χ3n) is 4.30. The maximum atomic E-state index is 12.7. The largest absolute Gasteiger partial charge is 0.445 e. The highest BCUT2D eigenvalue weighted by molar-refractivity contribution is 7.89. The van der Waals surface area contributed by atoms with Gasteiger partial charge in [-0.15, -0.1) is 0 Å². The molecule has 3 rings (SSSR count). The van der Waals surface area contributed by atoms with Crippen LogP contribution >= 0.6 is 0 Å². The lowest BCUT2D eigenvalue weighted by molar-refractivity contribution is 0.0980. The van der Waals surface area contributed by atoms with Gasteiger partial charge in [0.2, 0.25) is 10.0 Å². The quantitative estimate of drug-likeness (QED) is 0.825. The first-order valence-electron chi connectivity index (χ1n) is 8.58. The van der Waals surface area contributed by atoms with Gasteiger partial charge < -0.3 is 9.64 Å². The Morgan fingerprint density at radius 1 is 0.885 bits per heavy atom. The van der Waals surface area contributed by atoms with Crippen molar-refractivity contribution in [1.29, 1.82) is 0 Å². The molecule has 2 aromatic rings. The lowest BCUT2D eigenvalue weighted by Crippen LogP contribution is -2.37. The van der Waals surface area contributed by atoms with E-state index in [4.69, 9.17) is 4.74 Å². The van der Waals surface area contributed by atoms with E-state index in [0.717, 1.165) is 5.56 Å². The van der Waals surface area contributed by atoms with Crippen LogP contribution in [-0.2, 0) is 21.4 Å². The van der Waals surface area contributed by atoms with Crippen molar-refractivity contribution in [2.24, 2.45) is 0 Å². The van der Waals surface area contributed by atoms with E-state index in [2.05, 4.69) is 0 Å². The predicted molar refractivity (Wildman–Crippen MR) is 98.0 cm³/mol. The zero-order chi connectivity index (χ0) is 18.4. The van der Waals surface area contributed by atoms with Gasteiger partial charge in [0.25, 0.3) is 0 Å². The van der Waals surface area contributed by atoms with Crippen LogP contribution < -0.4 is 0 Å². The lowest BCUT2D eigenvalue weighted by Gasteiger charge is -2.21. The Bertz CT molecular complexity index is 825. The summed E-state index contributed by atoms with van der Waals surface area (Å²) in [5.74, 6) is 0. The smallest absolute Gasteiger partial charge is 0.410 e. The topological polar surface area (TPSA) is 66.9 Å². The van der Waals surface area contributed by atoms with Crippen molar-refractivity contribution in [2.45, 2.75) is 17.9 Å². The summed E-state index contributed by atoms with van der Waals surface area (Å²) in [6, 6.07) is 17.8. The van der Waals surface area contributed by atoms with Crippen molar-refractivity contribution in [3.05, 3.63) is 66.2 Å². The fourth-order valence-electron chi connectivity index (χ4n) is 2.87. The van der Waals surface area contributed by atoms with Crippen LogP contribution in [0, 0.1) is 0 Å². The average Bonchev–Trinajstić information content (AvgIpc) is 2.94. The molecular formula is C19H22N2O4S.